The van der Waals surface area contributed by atoms with Crippen LogP contribution in [0.15, 0.2) is 22.8 Å². The molecule has 0 radical (unpaired) electrons. The summed E-state index contributed by atoms with van der Waals surface area (Å²) in [4.78, 5) is 1.99. The van der Waals surface area contributed by atoms with Crippen molar-refractivity contribution in [3.63, 3.8) is 0 Å². The Hall–Kier alpha value is -0.800. The second kappa shape index (κ2) is 3.94. The zero-order valence-corrected chi connectivity index (χ0v) is 8.45. The fourth-order valence-corrected chi connectivity index (χ4v) is 1.59. The van der Waals surface area contributed by atoms with Crippen LogP contribution in [-0.2, 0) is 5.54 Å². The first-order valence-electron chi connectivity index (χ1n) is 4.49. The Bertz CT molecular complexity index is 237. The van der Waals surface area contributed by atoms with Gasteiger partial charge in [-0.1, -0.05) is 6.92 Å². The van der Waals surface area contributed by atoms with E-state index in [0.29, 0.717) is 0 Å². The van der Waals surface area contributed by atoms with Gasteiger partial charge in [0.25, 0.3) is 0 Å². The van der Waals surface area contributed by atoms with Crippen LogP contribution in [-0.4, -0.2) is 30.7 Å². The molecule has 1 N–H and O–H groups in total. The van der Waals surface area contributed by atoms with Gasteiger partial charge in [-0.15, -0.1) is 0 Å². The Kier molecular flexibility index (Phi) is 3.12. The van der Waals surface area contributed by atoms with E-state index < -0.39 is 0 Å². The molecule has 1 atom stereocenters. The first kappa shape index (κ1) is 10.3. The Morgan fingerprint density at radius 2 is 2.23 bits per heavy atom. The van der Waals surface area contributed by atoms with Gasteiger partial charge in [-0.3, -0.25) is 4.90 Å². The van der Waals surface area contributed by atoms with E-state index in [9.17, 15) is 5.11 Å². The number of hydrogen-bond acceptors (Lipinski definition) is 3. The Morgan fingerprint density at radius 3 is 2.54 bits per heavy atom. The molecule has 0 aliphatic rings. The number of nitrogens with zero attached hydrogens (tertiary/aromatic N) is 1. The van der Waals surface area contributed by atoms with Gasteiger partial charge in [0.1, 0.15) is 11.3 Å². The molecule has 3 nitrogen and oxygen atoms in total. The monoisotopic (exact) mass is 183 g/mol. The molecule has 0 saturated heterocycles. The molecular weight excluding hydrogens is 166 g/mol. The standard InChI is InChI=1S/C10H17NO2/c1-4-10(8-12,11(2)3)9-6-5-7-13-9/h5-7,12H,4,8H2,1-3H3. The fraction of sp³-hybridized carbons (Fsp3) is 0.600. The number of hydrogen-bond donors (Lipinski definition) is 1. The minimum Gasteiger partial charge on any atom is -0.467 e. The van der Waals surface area contributed by atoms with E-state index in [1.807, 2.05) is 38.1 Å². The summed E-state index contributed by atoms with van der Waals surface area (Å²) in [6.07, 6.45) is 2.46. The van der Waals surface area contributed by atoms with Crippen LogP contribution in [0.1, 0.15) is 19.1 Å². The highest BCUT2D eigenvalue weighted by Crippen LogP contribution is 2.29. The molecule has 0 aliphatic heterocycles. The fourth-order valence-electron chi connectivity index (χ4n) is 1.59. The summed E-state index contributed by atoms with van der Waals surface area (Å²) in [6, 6.07) is 3.75. The van der Waals surface area contributed by atoms with E-state index in [1.165, 1.54) is 0 Å². The van der Waals surface area contributed by atoms with Crippen molar-refractivity contribution in [2.45, 2.75) is 18.9 Å². The number of aliphatic hydroxyl groups excluding tert-OH is 1. The lowest BCUT2D eigenvalue weighted by Crippen LogP contribution is -2.43. The van der Waals surface area contributed by atoms with Crippen LogP contribution >= 0.6 is 0 Å². The molecule has 0 aromatic carbocycles. The van der Waals surface area contributed by atoms with Gasteiger partial charge in [-0.25, -0.2) is 0 Å². The van der Waals surface area contributed by atoms with Gasteiger partial charge in [-0.2, -0.15) is 0 Å². The average Bonchev–Trinajstić information content (AvgIpc) is 2.60. The van der Waals surface area contributed by atoms with Crippen LogP contribution in [0.25, 0.3) is 0 Å². The van der Waals surface area contributed by atoms with Crippen LogP contribution in [0.5, 0.6) is 0 Å². The molecule has 0 amide bonds. The first-order valence-corrected chi connectivity index (χ1v) is 4.49. The molecular formula is C10H17NO2. The number of likely N-dealkylation sites (N-methyl/N-ethyl adjacent to an activating group) is 1. The van der Waals surface area contributed by atoms with Gasteiger partial charge in [0.05, 0.1) is 12.9 Å². The molecule has 0 fully saturated rings. The Balaban J connectivity index is 3.03. The van der Waals surface area contributed by atoms with Crippen molar-refractivity contribution in [2.24, 2.45) is 0 Å². The molecule has 1 aromatic heterocycles. The predicted molar refractivity (Wildman–Crippen MR) is 51.4 cm³/mol. The van der Waals surface area contributed by atoms with E-state index in [-0.39, 0.29) is 12.1 Å². The maximum Gasteiger partial charge on any atom is 0.126 e. The summed E-state index contributed by atoms with van der Waals surface area (Å²) in [6.45, 7) is 2.11. The second-order valence-corrected chi connectivity index (χ2v) is 3.41. The molecule has 0 aliphatic carbocycles. The SMILES string of the molecule is CCC(CO)(c1ccco1)N(C)C. The molecule has 0 saturated carbocycles. The van der Waals surface area contributed by atoms with E-state index >= 15 is 0 Å². The van der Waals surface area contributed by atoms with Crippen molar-refractivity contribution in [3.8, 4) is 0 Å². The highest BCUT2D eigenvalue weighted by molar-refractivity contribution is 5.12. The third-order valence-electron chi connectivity index (χ3n) is 2.68. The van der Waals surface area contributed by atoms with Crippen LogP contribution in [0.2, 0.25) is 0 Å². The van der Waals surface area contributed by atoms with Gasteiger partial charge in [0.15, 0.2) is 0 Å². The van der Waals surface area contributed by atoms with Crippen LogP contribution in [0.4, 0.5) is 0 Å². The Labute approximate surface area is 79.0 Å². The van der Waals surface area contributed by atoms with Crippen molar-refractivity contribution >= 4 is 0 Å². The largest absolute Gasteiger partial charge is 0.467 e. The quantitative estimate of drug-likeness (QED) is 0.767. The van der Waals surface area contributed by atoms with Crippen molar-refractivity contribution in [3.05, 3.63) is 24.2 Å². The predicted octanol–water partition coefficient (Wildman–Crippen LogP) is 1.44. The van der Waals surface area contributed by atoms with Gasteiger partial charge in [-0.05, 0) is 32.6 Å². The summed E-state index contributed by atoms with van der Waals surface area (Å²) in [5.74, 6) is 0.822. The van der Waals surface area contributed by atoms with Crippen molar-refractivity contribution in [2.75, 3.05) is 20.7 Å². The van der Waals surface area contributed by atoms with Crippen LogP contribution in [0, 0.1) is 0 Å². The highest BCUT2D eigenvalue weighted by Gasteiger charge is 2.34. The van der Waals surface area contributed by atoms with Crippen molar-refractivity contribution in [1.82, 2.24) is 4.90 Å². The van der Waals surface area contributed by atoms with E-state index in [2.05, 4.69) is 0 Å². The topological polar surface area (TPSA) is 36.6 Å². The smallest absolute Gasteiger partial charge is 0.126 e. The summed E-state index contributed by atoms with van der Waals surface area (Å²) in [5.41, 5.74) is -0.372. The van der Waals surface area contributed by atoms with E-state index in [4.69, 9.17) is 4.42 Å². The molecule has 0 spiro atoms. The lowest BCUT2D eigenvalue weighted by Gasteiger charge is -2.35. The maximum atomic E-state index is 9.42. The van der Waals surface area contributed by atoms with Gasteiger partial charge in [0.2, 0.25) is 0 Å². The molecule has 1 rings (SSSR count). The highest BCUT2D eigenvalue weighted by atomic mass is 16.3. The molecule has 74 valence electrons. The number of furan rings is 1. The Morgan fingerprint density at radius 1 is 1.54 bits per heavy atom. The van der Waals surface area contributed by atoms with Gasteiger partial charge >= 0.3 is 0 Å². The summed E-state index contributed by atoms with van der Waals surface area (Å²) >= 11 is 0. The zero-order chi connectivity index (χ0) is 9.90. The number of rotatable bonds is 4. The molecule has 3 heteroatoms. The lowest BCUT2D eigenvalue weighted by atomic mass is 9.93. The lowest BCUT2D eigenvalue weighted by molar-refractivity contribution is 0.0431. The minimum atomic E-state index is -0.372. The van der Waals surface area contributed by atoms with E-state index in [0.717, 1.165) is 12.2 Å². The molecule has 13 heavy (non-hydrogen) atoms. The summed E-state index contributed by atoms with van der Waals surface area (Å²) < 4.78 is 5.34. The normalized spacial score (nSPS) is 16.1. The van der Waals surface area contributed by atoms with Crippen LogP contribution in [0.3, 0.4) is 0 Å². The van der Waals surface area contributed by atoms with Crippen molar-refractivity contribution in [1.29, 1.82) is 0 Å². The second-order valence-electron chi connectivity index (χ2n) is 3.41. The number of aliphatic hydroxyl groups is 1. The molecule has 1 heterocycles. The van der Waals surface area contributed by atoms with E-state index in [1.54, 1.807) is 6.26 Å². The maximum absolute atomic E-state index is 9.42. The van der Waals surface area contributed by atoms with Crippen LogP contribution < -0.4 is 0 Å². The average molecular weight is 183 g/mol. The molecule has 0 bridgehead atoms. The third kappa shape index (κ3) is 1.62. The third-order valence-corrected chi connectivity index (χ3v) is 2.68. The minimum absolute atomic E-state index is 0.0734. The molecule has 1 aromatic rings. The van der Waals surface area contributed by atoms with Crippen molar-refractivity contribution < 1.29 is 9.52 Å². The van der Waals surface area contributed by atoms with Gasteiger partial charge < -0.3 is 9.52 Å². The zero-order valence-electron chi connectivity index (χ0n) is 8.45. The summed E-state index contributed by atoms with van der Waals surface area (Å²) in [5, 5.41) is 9.42. The first-order chi connectivity index (χ1) is 6.17. The van der Waals surface area contributed by atoms with Gasteiger partial charge in [0, 0.05) is 0 Å². The summed E-state index contributed by atoms with van der Waals surface area (Å²) in [7, 11) is 3.89. The molecule has 1 unspecified atom stereocenters.